The van der Waals surface area contributed by atoms with Crippen LogP contribution < -0.4 is 23.7 Å². The Labute approximate surface area is 139 Å². The Kier molecular flexibility index (Phi) is 3.42. The fourth-order valence-corrected chi connectivity index (χ4v) is 3.68. The lowest BCUT2D eigenvalue weighted by Gasteiger charge is -2.20. The van der Waals surface area contributed by atoms with Crippen LogP contribution in [0, 0.1) is 6.92 Å². The number of sulfonamides is 1. The highest BCUT2D eigenvalue weighted by Gasteiger charge is 2.22. The smallest absolute Gasteiger partial charge is 0.262 e. The Morgan fingerprint density at radius 1 is 0.875 bits per heavy atom. The van der Waals surface area contributed by atoms with Crippen molar-refractivity contribution >= 4 is 15.7 Å². The average Bonchev–Trinajstić information content (AvgIpc) is 3.03. The van der Waals surface area contributed by atoms with Crippen LogP contribution >= 0.6 is 0 Å². The van der Waals surface area contributed by atoms with Crippen molar-refractivity contribution in [3.63, 3.8) is 0 Å². The predicted molar refractivity (Wildman–Crippen MR) is 85.5 cm³/mol. The minimum absolute atomic E-state index is 0.0908. The van der Waals surface area contributed by atoms with Crippen molar-refractivity contribution in [3.8, 4) is 23.0 Å². The van der Waals surface area contributed by atoms with Crippen molar-refractivity contribution in [1.29, 1.82) is 0 Å². The van der Waals surface area contributed by atoms with Crippen molar-refractivity contribution < 1.29 is 27.4 Å². The van der Waals surface area contributed by atoms with Gasteiger partial charge in [0.1, 0.15) is 13.2 Å². The maximum Gasteiger partial charge on any atom is 0.262 e. The summed E-state index contributed by atoms with van der Waals surface area (Å²) in [5.41, 5.74) is 1.18. The standard InChI is InChI=1S/C16H15NO6S/c1-10-6-14-16(21-5-4-20-14)8-12(10)17-24(18,19)11-2-3-13-15(7-11)23-9-22-13/h2-3,6-8,17H,4-5,9H2,1H3. The van der Waals surface area contributed by atoms with Crippen LogP contribution in [-0.4, -0.2) is 28.4 Å². The van der Waals surface area contributed by atoms with Crippen molar-refractivity contribution in [2.45, 2.75) is 11.8 Å². The third-order valence-electron chi connectivity index (χ3n) is 3.79. The molecule has 2 heterocycles. The predicted octanol–water partition coefficient (Wildman–Crippen LogP) is 2.30. The van der Waals surface area contributed by atoms with Gasteiger partial charge in [0.25, 0.3) is 10.0 Å². The lowest BCUT2D eigenvalue weighted by atomic mass is 10.2. The number of anilines is 1. The van der Waals surface area contributed by atoms with Gasteiger partial charge in [-0.1, -0.05) is 0 Å². The molecule has 2 aliphatic rings. The Balaban J connectivity index is 1.67. The summed E-state index contributed by atoms with van der Waals surface area (Å²) in [5.74, 6) is 2.08. The number of hydrogen-bond donors (Lipinski definition) is 1. The van der Waals surface area contributed by atoms with E-state index in [1.54, 1.807) is 25.1 Å². The van der Waals surface area contributed by atoms with Gasteiger partial charge in [-0.2, -0.15) is 0 Å². The van der Waals surface area contributed by atoms with Crippen LogP contribution in [0.2, 0.25) is 0 Å². The lowest BCUT2D eigenvalue weighted by molar-refractivity contribution is 0.171. The average molecular weight is 349 g/mol. The number of benzene rings is 2. The molecule has 0 fully saturated rings. The highest BCUT2D eigenvalue weighted by molar-refractivity contribution is 7.92. The topological polar surface area (TPSA) is 83.1 Å². The van der Waals surface area contributed by atoms with E-state index in [2.05, 4.69) is 4.72 Å². The van der Waals surface area contributed by atoms with Gasteiger partial charge in [-0.05, 0) is 30.7 Å². The summed E-state index contributed by atoms with van der Waals surface area (Å²) in [7, 11) is -3.77. The van der Waals surface area contributed by atoms with E-state index < -0.39 is 10.0 Å². The second-order valence-corrected chi connectivity index (χ2v) is 7.11. The van der Waals surface area contributed by atoms with E-state index in [0.717, 1.165) is 5.56 Å². The first-order valence-electron chi connectivity index (χ1n) is 7.36. The van der Waals surface area contributed by atoms with Crippen LogP contribution in [0.5, 0.6) is 23.0 Å². The highest BCUT2D eigenvalue weighted by atomic mass is 32.2. The van der Waals surface area contributed by atoms with Gasteiger partial charge in [0.05, 0.1) is 10.6 Å². The summed E-state index contributed by atoms with van der Waals surface area (Å²) in [6, 6.07) is 7.88. The number of hydrogen-bond acceptors (Lipinski definition) is 6. The molecule has 0 aliphatic carbocycles. The fraction of sp³-hybridized carbons (Fsp3) is 0.250. The summed E-state index contributed by atoms with van der Waals surface area (Å²) in [6.07, 6.45) is 0. The molecule has 0 unspecified atom stereocenters. The zero-order chi connectivity index (χ0) is 16.7. The van der Waals surface area contributed by atoms with Gasteiger partial charge < -0.3 is 18.9 Å². The van der Waals surface area contributed by atoms with Crippen LogP contribution in [0.1, 0.15) is 5.56 Å². The van der Waals surface area contributed by atoms with Crippen molar-refractivity contribution in [1.82, 2.24) is 0 Å². The van der Waals surface area contributed by atoms with Gasteiger partial charge in [-0.25, -0.2) is 8.42 Å². The van der Waals surface area contributed by atoms with Crippen molar-refractivity contribution in [2.24, 2.45) is 0 Å². The summed E-state index contributed by atoms with van der Waals surface area (Å²) in [5, 5.41) is 0. The Morgan fingerprint density at radius 3 is 2.33 bits per heavy atom. The first kappa shape index (κ1) is 14.9. The Bertz CT molecular complexity index is 909. The molecule has 126 valence electrons. The summed E-state index contributed by atoms with van der Waals surface area (Å²) in [6.45, 7) is 2.81. The largest absolute Gasteiger partial charge is 0.486 e. The molecule has 0 radical (unpaired) electrons. The van der Waals surface area contributed by atoms with Crippen LogP contribution in [0.4, 0.5) is 5.69 Å². The van der Waals surface area contributed by atoms with Crippen LogP contribution in [-0.2, 0) is 10.0 Å². The van der Waals surface area contributed by atoms with Crippen LogP contribution in [0.3, 0.4) is 0 Å². The molecule has 0 bridgehead atoms. The molecule has 0 saturated carbocycles. The molecule has 4 rings (SSSR count). The van der Waals surface area contributed by atoms with E-state index in [-0.39, 0.29) is 11.7 Å². The molecule has 2 aromatic rings. The molecule has 1 N–H and O–H groups in total. The minimum Gasteiger partial charge on any atom is -0.486 e. The van der Waals surface area contributed by atoms with E-state index >= 15 is 0 Å². The SMILES string of the molecule is Cc1cc2c(cc1NS(=O)(=O)c1ccc3c(c1)OCO3)OCCO2. The van der Waals surface area contributed by atoms with Gasteiger partial charge >= 0.3 is 0 Å². The van der Waals surface area contributed by atoms with Crippen molar-refractivity contribution in [2.75, 3.05) is 24.7 Å². The van der Waals surface area contributed by atoms with Crippen LogP contribution in [0.15, 0.2) is 35.2 Å². The molecule has 0 aromatic heterocycles. The molecule has 0 spiro atoms. The Morgan fingerprint density at radius 2 is 1.54 bits per heavy atom. The third-order valence-corrected chi connectivity index (χ3v) is 5.15. The molecule has 0 saturated heterocycles. The molecule has 2 aromatic carbocycles. The number of fused-ring (bicyclic) bond motifs is 2. The fourth-order valence-electron chi connectivity index (χ4n) is 2.55. The molecule has 7 nitrogen and oxygen atoms in total. The van der Waals surface area contributed by atoms with E-state index in [4.69, 9.17) is 18.9 Å². The molecule has 24 heavy (non-hydrogen) atoms. The van der Waals surface area contributed by atoms with E-state index in [0.29, 0.717) is 41.9 Å². The number of ether oxygens (including phenoxy) is 4. The van der Waals surface area contributed by atoms with E-state index in [9.17, 15) is 8.42 Å². The van der Waals surface area contributed by atoms with Gasteiger partial charge in [-0.3, -0.25) is 4.72 Å². The van der Waals surface area contributed by atoms with E-state index in [1.165, 1.54) is 12.1 Å². The molecular formula is C16H15NO6S. The molecule has 0 amide bonds. The first-order chi connectivity index (χ1) is 11.5. The minimum atomic E-state index is -3.77. The van der Waals surface area contributed by atoms with Gasteiger partial charge in [-0.15, -0.1) is 0 Å². The van der Waals surface area contributed by atoms with Gasteiger partial charge in [0, 0.05) is 12.1 Å². The monoisotopic (exact) mass is 349 g/mol. The molecule has 0 atom stereocenters. The van der Waals surface area contributed by atoms with Crippen molar-refractivity contribution in [3.05, 3.63) is 35.9 Å². The lowest BCUT2D eigenvalue weighted by Crippen LogP contribution is -2.17. The molecular weight excluding hydrogens is 334 g/mol. The van der Waals surface area contributed by atoms with Crippen LogP contribution in [0.25, 0.3) is 0 Å². The highest BCUT2D eigenvalue weighted by Crippen LogP contribution is 2.37. The normalized spacial score (nSPS) is 15.2. The number of aryl methyl sites for hydroxylation is 1. The summed E-state index contributed by atoms with van der Waals surface area (Å²) in [4.78, 5) is 0.0982. The second kappa shape index (κ2) is 5.48. The summed E-state index contributed by atoms with van der Waals surface area (Å²) < 4.78 is 49.3. The van der Waals surface area contributed by atoms with Gasteiger partial charge in [0.2, 0.25) is 6.79 Å². The quantitative estimate of drug-likeness (QED) is 0.915. The van der Waals surface area contributed by atoms with E-state index in [1.807, 2.05) is 0 Å². The zero-order valence-electron chi connectivity index (χ0n) is 12.9. The summed E-state index contributed by atoms with van der Waals surface area (Å²) >= 11 is 0. The number of nitrogens with one attached hydrogen (secondary N) is 1. The second-order valence-electron chi connectivity index (χ2n) is 5.43. The number of rotatable bonds is 3. The maximum absolute atomic E-state index is 12.6. The molecule has 2 aliphatic heterocycles. The van der Waals surface area contributed by atoms with Gasteiger partial charge in [0.15, 0.2) is 23.0 Å². The maximum atomic E-state index is 12.6. The first-order valence-corrected chi connectivity index (χ1v) is 8.84. The molecule has 8 heteroatoms. The zero-order valence-corrected chi connectivity index (χ0v) is 13.7. The third kappa shape index (κ3) is 2.58. The Hall–Kier alpha value is -2.61.